The maximum absolute atomic E-state index is 13.3. The lowest BCUT2D eigenvalue weighted by Gasteiger charge is -2.27. The molecule has 0 heterocycles. The Morgan fingerprint density at radius 3 is 2.50 bits per heavy atom. The summed E-state index contributed by atoms with van der Waals surface area (Å²) >= 11 is 0. The lowest BCUT2D eigenvalue weighted by Crippen LogP contribution is -2.36. The first-order valence-electron chi connectivity index (χ1n) is 8.92. The van der Waals surface area contributed by atoms with Gasteiger partial charge in [-0.1, -0.05) is 12.1 Å². The van der Waals surface area contributed by atoms with E-state index in [1.807, 2.05) is 45.0 Å². The van der Waals surface area contributed by atoms with Gasteiger partial charge >= 0.3 is 6.09 Å². The van der Waals surface area contributed by atoms with Crippen LogP contribution >= 0.6 is 0 Å². The second-order valence-electron chi connectivity index (χ2n) is 7.66. The minimum atomic E-state index is -0.606. The second kappa shape index (κ2) is 7.36. The van der Waals surface area contributed by atoms with Gasteiger partial charge in [0, 0.05) is 17.4 Å². The number of carbonyl (C=O) groups is 1. The van der Waals surface area contributed by atoms with Gasteiger partial charge in [-0.25, -0.2) is 9.18 Å². The molecule has 5 heteroatoms. The summed E-state index contributed by atoms with van der Waals surface area (Å²) in [4.78, 5) is 14.2. The number of carbonyl (C=O) groups excluding carboxylic acids is 1. The van der Waals surface area contributed by atoms with Gasteiger partial charge in [-0.15, -0.1) is 0 Å². The Bertz CT molecular complexity index is 764. The lowest BCUT2D eigenvalue weighted by atomic mass is 10.1. The molecular formula is C21H25FN2O2. The molecule has 0 atom stereocenters. The molecule has 0 saturated heterocycles. The average Bonchev–Trinajstić information content (AvgIpc) is 3.36. The fourth-order valence-electron chi connectivity index (χ4n) is 2.60. The summed E-state index contributed by atoms with van der Waals surface area (Å²) in [6.45, 7) is 5.83. The molecule has 1 N–H and O–H groups in total. The molecule has 1 aliphatic carbocycles. The molecule has 1 amide bonds. The Kier molecular flexibility index (Phi) is 5.16. The van der Waals surface area contributed by atoms with E-state index in [1.54, 1.807) is 12.1 Å². The number of halogens is 1. The highest BCUT2D eigenvalue weighted by atomic mass is 19.1. The van der Waals surface area contributed by atoms with Crippen LogP contribution in [0, 0.1) is 5.82 Å². The molecule has 2 aromatic carbocycles. The third-order valence-electron chi connectivity index (χ3n) is 3.97. The minimum Gasteiger partial charge on any atom is -0.443 e. The summed E-state index contributed by atoms with van der Waals surface area (Å²) in [7, 11) is 0. The molecule has 4 nitrogen and oxygen atoms in total. The predicted octanol–water partition coefficient (Wildman–Crippen LogP) is 5.34. The first kappa shape index (κ1) is 18.2. The third kappa shape index (κ3) is 5.22. The van der Waals surface area contributed by atoms with Gasteiger partial charge in [-0.3, -0.25) is 4.90 Å². The van der Waals surface area contributed by atoms with Crippen LogP contribution in [0.1, 0.15) is 39.2 Å². The maximum atomic E-state index is 13.3. The molecule has 0 spiro atoms. The molecular weight excluding hydrogens is 331 g/mol. The van der Waals surface area contributed by atoms with Gasteiger partial charge in [-0.2, -0.15) is 0 Å². The Balaban J connectivity index is 1.82. The highest BCUT2D eigenvalue weighted by molar-refractivity contribution is 5.87. The van der Waals surface area contributed by atoms with Gasteiger partial charge in [-0.05, 0) is 75.6 Å². The molecule has 0 unspecified atom stereocenters. The molecule has 1 saturated carbocycles. The van der Waals surface area contributed by atoms with Crippen molar-refractivity contribution in [2.45, 2.75) is 51.8 Å². The maximum Gasteiger partial charge on any atom is 0.415 e. The zero-order valence-corrected chi connectivity index (χ0v) is 15.5. The standard InChI is InChI=1S/C21H25FN2O2/c1-21(2,3)26-20(25)24(19-11-7-16(22)8-12-19)14-15-5-4-6-18(13-15)23-17-9-10-17/h4-8,11-13,17,23H,9-10,14H2,1-3H3. The van der Waals surface area contributed by atoms with Crippen molar-refractivity contribution < 1.29 is 13.9 Å². The van der Waals surface area contributed by atoms with E-state index in [-0.39, 0.29) is 5.82 Å². The van der Waals surface area contributed by atoms with Gasteiger partial charge in [0.2, 0.25) is 0 Å². The zero-order chi connectivity index (χ0) is 18.7. The Hall–Kier alpha value is -2.56. The van der Waals surface area contributed by atoms with E-state index in [9.17, 15) is 9.18 Å². The van der Waals surface area contributed by atoms with E-state index in [4.69, 9.17) is 4.74 Å². The Labute approximate surface area is 154 Å². The second-order valence-corrected chi connectivity index (χ2v) is 7.66. The number of hydrogen-bond donors (Lipinski definition) is 1. The molecule has 3 rings (SSSR count). The summed E-state index contributed by atoms with van der Waals surface area (Å²) in [6.07, 6.45) is 1.94. The quantitative estimate of drug-likeness (QED) is 0.786. The van der Waals surface area contributed by atoms with Crippen LogP contribution < -0.4 is 10.2 Å². The summed E-state index contributed by atoms with van der Waals surface area (Å²) in [5.41, 5.74) is 2.02. The van der Waals surface area contributed by atoms with Gasteiger partial charge in [0.05, 0.1) is 6.54 Å². The molecule has 138 valence electrons. The fraction of sp³-hybridized carbons (Fsp3) is 0.381. The van der Waals surface area contributed by atoms with E-state index in [0.717, 1.165) is 11.3 Å². The van der Waals surface area contributed by atoms with Crippen LogP contribution in [0.4, 0.5) is 20.6 Å². The van der Waals surface area contributed by atoms with Crippen molar-refractivity contribution >= 4 is 17.5 Å². The highest BCUT2D eigenvalue weighted by Gasteiger charge is 2.24. The number of rotatable bonds is 5. The summed E-state index contributed by atoms with van der Waals surface area (Å²) in [5, 5.41) is 3.46. The molecule has 0 radical (unpaired) electrons. The van der Waals surface area contributed by atoms with Crippen LogP contribution in [-0.4, -0.2) is 17.7 Å². The van der Waals surface area contributed by atoms with Gasteiger partial charge in [0.25, 0.3) is 0 Å². The van der Waals surface area contributed by atoms with Gasteiger partial charge < -0.3 is 10.1 Å². The number of ether oxygens (including phenoxy) is 1. The Morgan fingerprint density at radius 2 is 1.88 bits per heavy atom. The first-order valence-corrected chi connectivity index (χ1v) is 8.92. The molecule has 0 bridgehead atoms. The number of amides is 1. The van der Waals surface area contributed by atoms with Crippen molar-refractivity contribution in [1.82, 2.24) is 0 Å². The number of hydrogen-bond acceptors (Lipinski definition) is 3. The van der Waals surface area contributed by atoms with E-state index in [0.29, 0.717) is 18.3 Å². The van der Waals surface area contributed by atoms with Crippen LogP contribution in [0.2, 0.25) is 0 Å². The monoisotopic (exact) mass is 356 g/mol. The fourth-order valence-corrected chi connectivity index (χ4v) is 2.60. The molecule has 1 aliphatic rings. The van der Waals surface area contributed by atoms with Gasteiger partial charge in [0.1, 0.15) is 11.4 Å². The van der Waals surface area contributed by atoms with Crippen LogP contribution in [0.3, 0.4) is 0 Å². The first-order chi connectivity index (χ1) is 12.3. The zero-order valence-electron chi connectivity index (χ0n) is 15.5. The molecule has 26 heavy (non-hydrogen) atoms. The van der Waals surface area contributed by atoms with E-state index in [2.05, 4.69) is 5.32 Å². The highest BCUT2D eigenvalue weighted by Crippen LogP contribution is 2.26. The van der Waals surface area contributed by atoms with E-state index < -0.39 is 11.7 Å². The molecule has 0 aromatic heterocycles. The third-order valence-corrected chi connectivity index (χ3v) is 3.97. The number of nitrogens with one attached hydrogen (secondary N) is 1. The number of nitrogens with zero attached hydrogens (tertiary/aromatic N) is 1. The van der Waals surface area contributed by atoms with E-state index in [1.165, 1.54) is 29.9 Å². The smallest absolute Gasteiger partial charge is 0.415 e. The van der Waals surface area contributed by atoms with Crippen molar-refractivity contribution in [2.24, 2.45) is 0 Å². The summed E-state index contributed by atoms with van der Waals surface area (Å²) < 4.78 is 18.8. The average molecular weight is 356 g/mol. The summed E-state index contributed by atoms with van der Waals surface area (Å²) in [6, 6.07) is 14.4. The van der Waals surface area contributed by atoms with Crippen LogP contribution in [0.15, 0.2) is 48.5 Å². The number of anilines is 2. The SMILES string of the molecule is CC(C)(C)OC(=O)N(Cc1cccc(NC2CC2)c1)c1ccc(F)cc1. The van der Waals surface area contributed by atoms with Crippen LogP contribution in [-0.2, 0) is 11.3 Å². The van der Waals surface area contributed by atoms with E-state index >= 15 is 0 Å². The van der Waals surface area contributed by atoms with Crippen LogP contribution in [0.5, 0.6) is 0 Å². The van der Waals surface area contributed by atoms with Crippen molar-refractivity contribution in [3.8, 4) is 0 Å². The topological polar surface area (TPSA) is 41.6 Å². The molecule has 2 aromatic rings. The summed E-state index contributed by atoms with van der Waals surface area (Å²) in [5.74, 6) is -0.339. The van der Waals surface area contributed by atoms with Gasteiger partial charge in [0.15, 0.2) is 0 Å². The number of benzene rings is 2. The van der Waals surface area contributed by atoms with Crippen molar-refractivity contribution in [1.29, 1.82) is 0 Å². The minimum absolute atomic E-state index is 0.339. The van der Waals surface area contributed by atoms with Crippen molar-refractivity contribution in [2.75, 3.05) is 10.2 Å². The molecule has 0 aliphatic heterocycles. The normalized spacial score (nSPS) is 14.0. The predicted molar refractivity (Wildman–Crippen MR) is 102 cm³/mol. The van der Waals surface area contributed by atoms with Crippen molar-refractivity contribution in [3.63, 3.8) is 0 Å². The largest absolute Gasteiger partial charge is 0.443 e. The van der Waals surface area contributed by atoms with Crippen molar-refractivity contribution in [3.05, 3.63) is 59.9 Å². The lowest BCUT2D eigenvalue weighted by molar-refractivity contribution is 0.0577. The molecule has 1 fully saturated rings. The Morgan fingerprint density at radius 1 is 1.19 bits per heavy atom. The van der Waals surface area contributed by atoms with Crippen LogP contribution in [0.25, 0.3) is 0 Å².